The van der Waals surface area contributed by atoms with Crippen LogP contribution in [0.25, 0.3) is 0 Å². The predicted molar refractivity (Wildman–Crippen MR) is 132 cm³/mol. The van der Waals surface area contributed by atoms with Crippen molar-refractivity contribution in [1.82, 2.24) is 0 Å². The Labute approximate surface area is 202 Å². The molecular formula is C25H56ClNO3Si. The van der Waals surface area contributed by atoms with Crippen molar-refractivity contribution in [3.63, 3.8) is 0 Å². The number of hydrogen-bond donors (Lipinski definition) is 3. The van der Waals surface area contributed by atoms with Crippen LogP contribution in [0.2, 0.25) is 6.04 Å². The van der Waals surface area contributed by atoms with Gasteiger partial charge >= 0.3 is 8.80 Å². The average molecular weight is 482 g/mol. The highest BCUT2D eigenvalue weighted by Crippen LogP contribution is 2.18. The Morgan fingerprint density at radius 2 is 0.806 bits per heavy atom. The van der Waals surface area contributed by atoms with Gasteiger partial charge in [-0.2, -0.15) is 0 Å². The summed E-state index contributed by atoms with van der Waals surface area (Å²) in [6, 6.07) is 0.180. The maximum absolute atomic E-state index is 9.33. The highest BCUT2D eigenvalue weighted by atomic mass is 35.5. The fourth-order valence-corrected chi connectivity index (χ4v) is 5.55. The Balaban J connectivity index is 0. The summed E-state index contributed by atoms with van der Waals surface area (Å²) in [5, 5.41) is 0. The molecule has 0 amide bonds. The molecule has 0 aliphatic carbocycles. The van der Waals surface area contributed by atoms with Gasteiger partial charge in [0.15, 0.2) is 0 Å². The first-order valence-electron chi connectivity index (χ1n) is 13.4. The van der Waals surface area contributed by atoms with Crippen LogP contribution in [0, 0.1) is 0 Å². The fourth-order valence-electron chi connectivity index (χ4n) is 4.91. The molecule has 0 radical (unpaired) electrons. The van der Waals surface area contributed by atoms with Crippen molar-refractivity contribution in [2.45, 2.75) is 136 Å². The summed E-state index contributed by atoms with van der Waals surface area (Å²) >= 11 is 0. The minimum atomic E-state index is -3.89. The smallest absolute Gasteiger partial charge is 0.492 e. The van der Waals surface area contributed by atoms with Crippen LogP contribution in [0.5, 0.6) is 0 Å². The summed E-state index contributed by atoms with van der Waals surface area (Å²) in [5.74, 6) is 0. The second kappa shape index (κ2) is 22.2. The van der Waals surface area contributed by atoms with Crippen LogP contribution >= 0.6 is 0 Å². The molecule has 3 N–H and O–H groups in total. The van der Waals surface area contributed by atoms with Gasteiger partial charge in [-0.05, 0) is 25.7 Å². The molecule has 0 atom stereocenters. The van der Waals surface area contributed by atoms with Crippen LogP contribution in [0.1, 0.15) is 130 Å². The normalized spacial score (nSPS) is 12.2. The second-order valence-electron chi connectivity index (χ2n) is 9.71. The van der Waals surface area contributed by atoms with Gasteiger partial charge in [-0.15, -0.1) is 0 Å². The first kappa shape index (κ1) is 33.5. The van der Waals surface area contributed by atoms with E-state index < -0.39 is 8.80 Å². The molecule has 0 saturated heterocycles. The third-order valence-electron chi connectivity index (χ3n) is 6.53. The van der Waals surface area contributed by atoms with Crippen LogP contribution in [-0.4, -0.2) is 53.9 Å². The fraction of sp³-hybridized carbons (Fsp3) is 1.00. The SMILES string of the molecule is CCCCCCCCCCCCCCCC[N+](CCC)(CCC)CCC[Si](O)(O)O.[Cl-]. The first-order valence-corrected chi connectivity index (χ1v) is 15.5. The van der Waals surface area contributed by atoms with E-state index in [1.165, 1.54) is 122 Å². The Hall–Kier alpha value is 0.347. The molecule has 4 nitrogen and oxygen atoms in total. The lowest BCUT2D eigenvalue weighted by Gasteiger charge is -2.39. The number of rotatable bonds is 23. The number of hydrogen-bond acceptors (Lipinski definition) is 3. The highest BCUT2D eigenvalue weighted by molar-refractivity contribution is 6.56. The molecule has 0 aromatic heterocycles. The molecule has 0 spiro atoms. The highest BCUT2D eigenvalue weighted by Gasteiger charge is 2.30. The van der Waals surface area contributed by atoms with E-state index in [4.69, 9.17) is 0 Å². The number of nitrogens with zero attached hydrogens (tertiary/aromatic N) is 1. The molecule has 0 saturated carbocycles. The van der Waals surface area contributed by atoms with Crippen molar-refractivity contribution in [1.29, 1.82) is 0 Å². The van der Waals surface area contributed by atoms with Gasteiger partial charge in [-0.25, -0.2) is 0 Å². The number of halogens is 1. The Kier molecular flexibility index (Phi) is 24.0. The largest absolute Gasteiger partial charge is 1.00 e. The van der Waals surface area contributed by atoms with E-state index in [1.54, 1.807) is 0 Å². The molecule has 31 heavy (non-hydrogen) atoms. The van der Waals surface area contributed by atoms with Crippen LogP contribution in [0.15, 0.2) is 0 Å². The third-order valence-corrected chi connectivity index (χ3v) is 7.55. The lowest BCUT2D eigenvalue weighted by molar-refractivity contribution is -0.928. The Morgan fingerprint density at radius 3 is 1.16 bits per heavy atom. The molecule has 0 rings (SSSR count). The summed E-state index contributed by atoms with van der Waals surface area (Å²) in [6.45, 7) is 11.3. The summed E-state index contributed by atoms with van der Waals surface area (Å²) in [4.78, 5) is 28.0. The quantitative estimate of drug-likeness (QED) is 0.119. The van der Waals surface area contributed by atoms with Crippen molar-refractivity contribution in [3.8, 4) is 0 Å². The average Bonchev–Trinajstić information content (AvgIpc) is 2.67. The van der Waals surface area contributed by atoms with Gasteiger partial charge in [-0.1, -0.05) is 97.8 Å². The maximum atomic E-state index is 9.33. The van der Waals surface area contributed by atoms with E-state index in [1.807, 2.05) is 0 Å². The predicted octanol–water partition coefficient (Wildman–Crippen LogP) is 3.41. The van der Waals surface area contributed by atoms with Gasteiger partial charge in [0.2, 0.25) is 0 Å². The summed E-state index contributed by atoms with van der Waals surface area (Å²) in [7, 11) is -3.89. The minimum absolute atomic E-state index is 0. The molecule has 0 aliphatic rings. The molecule has 0 bridgehead atoms. The maximum Gasteiger partial charge on any atom is 0.492 e. The van der Waals surface area contributed by atoms with Crippen molar-refractivity contribution in [3.05, 3.63) is 0 Å². The zero-order chi connectivity index (χ0) is 22.6. The zero-order valence-corrected chi connectivity index (χ0v) is 23.0. The molecule has 0 aliphatic heterocycles. The zero-order valence-electron chi connectivity index (χ0n) is 21.2. The van der Waals surface area contributed by atoms with Crippen molar-refractivity contribution < 1.29 is 31.3 Å². The summed E-state index contributed by atoms with van der Waals surface area (Å²) in [5.41, 5.74) is 0. The van der Waals surface area contributed by atoms with E-state index in [0.29, 0.717) is 6.42 Å². The molecule has 0 aromatic rings. The van der Waals surface area contributed by atoms with Crippen LogP contribution in [0.3, 0.4) is 0 Å². The van der Waals surface area contributed by atoms with E-state index in [-0.39, 0.29) is 18.5 Å². The molecule has 0 fully saturated rings. The van der Waals surface area contributed by atoms with Crippen molar-refractivity contribution in [2.75, 3.05) is 26.2 Å². The van der Waals surface area contributed by atoms with Gasteiger partial charge in [0, 0.05) is 12.5 Å². The number of quaternary nitrogens is 1. The van der Waals surface area contributed by atoms with E-state index in [2.05, 4.69) is 20.8 Å². The van der Waals surface area contributed by atoms with Gasteiger partial charge in [-0.3, -0.25) is 0 Å². The van der Waals surface area contributed by atoms with Crippen LogP contribution in [-0.2, 0) is 0 Å². The van der Waals surface area contributed by atoms with Crippen LogP contribution < -0.4 is 12.4 Å². The van der Waals surface area contributed by atoms with Gasteiger partial charge in [0.1, 0.15) is 0 Å². The lowest BCUT2D eigenvalue weighted by atomic mass is 10.0. The summed E-state index contributed by atoms with van der Waals surface area (Å²) < 4.78 is 1.09. The van der Waals surface area contributed by atoms with E-state index in [0.717, 1.165) is 11.0 Å². The standard InChI is InChI=1S/C25H56NO3Si.ClH/c1-4-7-8-9-10-11-12-13-14-15-16-17-18-19-23-26(21-5-2,22-6-3)24-20-25-30(27,28)29;/h27-29H,4-25H2,1-3H3;1H/q+1;/p-1. The van der Waals surface area contributed by atoms with Crippen molar-refractivity contribution >= 4 is 8.80 Å². The molecule has 0 unspecified atom stereocenters. The van der Waals surface area contributed by atoms with E-state index in [9.17, 15) is 14.4 Å². The monoisotopic (exact) mass is 481 g/mol. The molecular weight excluding hydrogens is 426 g/mol. The molecule has 6 heteroatoms. The Bertz CT molecular complexity index is 361. The van der Waals surface area contributed by atoms with Crippen molar-refractivity contribution in [2.24, 2.45) is 0 Å². The third kappa shape index (κ3) is 21.9. The minimum Gasteiger partial charge on any atom is -1.00 e. The Morgan fingerprint density at radius 1 is 0.452 bits per heavy atom. The molecule has 0 heterocycles. The van der Waals surface area contributed by atoms with Gasteiger partial charge in [0.05, 0.1) is 26.2 Å². The number of unbranched alkanes of at least 4 members (excludes halogenated alkanes) is 13. The second-order valence-corrected chi connectivity index (χ2v) is 11.8. The first-order chi connectivity index (χ1) is 14.4. The van der Waals surface area contributed by atoms with E-state index >= 15 is 0 Å². The summed E-state index contributed by atoms with van der Waals surface area (Å²) in [6.07, 6.45) is 22.5. The van der Waals surface area contributed by atoms with Gasteiger partial charge < -0.3 is 31.3 Å². The van der Waals surface area contributed by atoms with Gasteiger partial charge in [0.25, 0.3) is 0 Å². The topological polar surface area (TPSA) is 60.7 Å². The lowest BCUT2D eigenvalue weighted by Crippen LogP contribution is -3.00. The molecule has 0 aromatic carbocycles. The van der Waals surface area contributed by atoms with Crippen LogP contribution in [0.4, 0.5) is 0 Å². The molecule has 190 valence electrons.